The maximum absolute atomic E-state index is 12.6. The van der Waals surface area contributed by atoms with Crippen LogP contribution in [-0.4, -0.2) is 40.1 Å². The fraction of sp³-hybridized carbons (Fsp3) is 0.421. The standard InChI is InChI=1S/C19H19F3N4O2/c20-19(21,22)17-10-14(28-25-17)11-26-8-6-12(7-9-26)15-2-1-3-16(24-15)18(27)23-13-4-5-13/h1-3,6,10,13H,4-5,7-9,11H2,(H,23,27). The van der Waals surface area contributed by atoms with Gasteiger partial charge in [-0.15, -0.1) is 0 Å². The first-order chi connectivity index (χ1) is 13.4. The van der Waals surface area contributed by atoms with Gasteiger partial charge in [-0.05, 0) is 37.0 Å². The molecule has 28 heavy (non-hydrogen) atoms. The smallest absolute Gasteiger partial charge is 0.359 e. The molecule has 1 aliphatic heterocycles. The van der Waals surface area contributed by atoms with Crippen LogP contribution in [0.3, 0.4) is 0 Å². The van der Waals surface area contributed by atoms with Crippen molar-refractivity contribution in [3.05, 3.63) is 53.2 Å². The molecule has 0 radical (unpaired) electrons. The lowest BCUT2D eigenvalue weighted by atomic mass is 10.0. The molecule has 1 amide bonds. The highest BCUT2D eigenvalue weighted by atomic mass is 19.4. The number of hydrogen-bond donors (Lipinski definition) is 1. The molecule has 1 N–H and O–H groups in total. The van der Waals surface area contributed by atoms with E-state index in [4.69, 9.17) is 4.52 Å². The Morgan fingerprint density at radius 3 is 2.79 bits per heavy atom. The van der Waals surface area contributed by atoms with E-state index in [1.807, 2.05) is 23.1 Å². The van der Waals surface area contributed by atoms with Crippen molar-refractivity contribution in [1.82, 2.24) is 20.4 Å². The van der Waals surface area contributed by atoms with Crippen molar-refractivity contribution in [3.8, 4) is 0 Å². The number of carbonyl (C=O) groups excluding carboxylic acids is 1. The van der Waals surface area contributed by atoms with Gasteiger partial charge in [0.05, 0.1) is 12.2 Å². The van der Waals surface area contributed by atoms with Gasteiger partial charge in [0.15, 0.2) is 11.5 Å². The monoisotopic (exact) mass is 392 g/mol. The van der Waals surface area contributed by atoms with Crippen molar-refractivity contribution < 1.29 is 22.5 Å². The highest BCUT2D eigenvalue weighted by Crippen LogP contribution is 2.29. The van der Waals surface area contributed by atoms with Gasteiger partial charge in [-0.1, -0.05) is 17.3 Å². The number of alkyl halides is 3. The van der Waals surface area contributed by atoms with E-state index in [1.54, 1.807) is 6.07 Å². The van der Waals surface area contributed by atoms with E-state index in [-0.39, 0.29) is 24.3 Å². The summed E-state index contributed by atoms with van der Waals surface area (Å²) in [5, 5.41) is 6.00. The quantitative estimate of drug-likeness (QED) is 0.846. The van der Waals surface area contributed by atoms with Crippen LogP contribution in [0.2, 0.25) is 0 Å². The largest absolute Gasteiger partial charge is 0.436 e. The van der Waals surface area contributed by atoms with Crippen LogP contribution in [0.1, 0.15) is 46.9 Å². The lowest BCUT2D eigenvalue weighted by Gasteiger charge is -2.25. The maximum Gasteiger partial charge on any atom is 0.436 e. The zero-order valence-electron chi connectivity index (χ0n) is 15.0. The van der Waals surface area contributed by atoms with Crippen LogP contribution in [-0.2, 0) is 12.7 Å². The Kier molecular flexibility index (Phi) is 4.92. The number of amides is 1. The van der Waals surface area contributed by atoms with Gasteiger partial charge in [0.25, 0.3) is 5.91 Å². The summed E-state index contributed by atoms with van der Waals surface area (Å²) in [5.41, 5.74) is 1.16. The first kappa shape index (κ1) is 18.7. The first-order valence-electron chi connectivity index (χ1n) is 9.11. The molecule has 2 aromatic heterocycles. The van der Waals surface area contributed by atoms with Gasteiger partial charge in [0.2, 0.25) is 0 Å². The van der Waals surface area contributed by atoms with Gasteiger partial charge in [-0.2, -0.15) is 13.2 Å². The van der Waals surface area contributed by atoms with E-state index in [0.717, 1.165) is 30.2 Å². The molecule has 1 aliphatic carbocycles. The Balaban J connectivity index is 1.38. The summed E-state index contributed by atoms with van der Waals surface area (Å²) in [6.45, 7) is 1.45. The molecule has 148 valence electrons. The SMILES string of the molecule is O=C(NC1CC1)c1cccc(C2=CCN(Cc3cc(C(F)(F)F)no3)CC2)n1. The molecule has 0 saturated heterocycles. The van der Waals surface area contributed by atoms with E-state index in [2.05, 4.69) is 15.5 Å². The van der Waals surface area contributed by atoms with E-state index in [0.29, 0.717) is 25.2 Å². The summed E-state index contributed by atoms with van der Waals surface area (Å²) in [5.74, 6) is 0.0224. The van der Waals surface area contributed by atoms with Gasteiger partial charge < -0.3 is 9.84 Å². The van der Waals surface area contributed by atoms with Crippen LogP contribution in [0, 0.1) is 0 Å². The highest BCUT2D eigenvalue weighted by molar-refractivity contribution is 5.93. The second kappa shape index (κ2) is 7.38. The minimum absolute atomic E-state index is 0.159. The predicted octanol–water partition coefficient (Wildman–Crippen LogP) is 3.27. The number of nitrogens with one attached hydrogen (secondary N) is 1. The molecule has 0 aromatic carbocycles. The summed E-state index contributed by atoms with van der Waals surface area (Å²) in [4.78, 5) is 18.6. The second-order valence-corrected chi connectivity index (χ2v) is 7.05. The van der Waals surface area contributed by atoms with Crippen molar-refractivity contribution in [2.24, 2.45) is 0 Å². The summed E-state index contributed by atoms with van der Waals surface area (Å²) >= 11 is 0. The fourth-order valence-electron chi connectivity index (χ4n) is 3.06. The average Bonchev–Trinajstić information content (AvgIpc) is 3.35. The molecule has 9 heteroatoms. The normalized spacial score (nSPS) is 18.0. The highest BCUT2D eigenvalue weighted by Gasteiger charge is 2.35. The number of hydrogen-bond acceptors (Lipinski definition) is 5. The molecule has 2 aliphatic rings. The Morgan fingerprint density at radius 1 is 1.32 bits per heavy atom. The van der Waals surface area contributed by atoms with E-state index >= 15 is 0 Å². The summed E-state index contributed by atoms with van der Waals surface area (Å²) in [6.07, 6.45) is 0.194. The molecule has 2 aromatic rings. The molecular weight excluding hydrogens is 373 g/mol. The van der Waals surface area contributed by atoms with Crippen molar-refractivity contribution in [2.75, 3.05) is 13.1 Å². The van der Waals surface area contributed by atoms with Crippen LogP contribution in [0.25, 0.3) is 5.57 Å². The zero-order chi connectivity index (χ0) is 19.7. The van der Waals surface area contributed by atoms with Gasteiger partial charge in [-0.25, -0.2) is 4.98 Å². The van der Waals surface area contributed by atoms with E-state index < -0.39 is 11.9 Å². The lowest BCUT2D eigenvalue weighted by molar-refractivity contribution is -0.142. The van der Waals surface area contributed by atoms with Crippen molar-refractivity contribution in [2.45, 2.75) is 38.0 Å². The van der Waals surface area contributed by atoms with Crippen LogP contribution >= 0.6 is 0 Å². The number of carbonyl (C=O) groups is 1. The van der Waals surface area contributed by atoms with Gasteiger partial charge >= 0.3 is 6.18 Å². The Bertz CT molecular complexity index is 903. The van der Waals surface area contributed by atoms with Crippen molar-refractivity contribution in [1.29, 1.82) is 0 Å². The number of aromatic nitrogens is 2. The molecule has 1 saturated carbocycles. The first-order valence-corrected chi connectivity index (χ1v) is 9.11. The minimum Gasteiger partial charge on any atom is -0.359 e. The fourth-order valence-corrected chi connectivity index (χ4v) is 3.06. The number of rotatable bonds is 5. The van der Waals surface area contributed by atoms with Crippen LogP contribution in [0.15, 0.2) is 34.9 Å². The number of halogens is 3. The Hall–Kier alpha value is -2.68. The zero-order valence-corrected chi connectivity index (χ0v) is 15.0. The Labute approximate surface area is 159 Å². The molecule has 4 rings (SSSR count). The summed E-state index contributed by atoms with van der Waals surface area (Å²) < 4.78 is 42.6. The van der Waals surface area contributed by atoms with Gasteiger partial charge in [0.1, 0.15) is 5.69 Å². The van der Waals surface area contributed by atoms with Gasteiger partial charge in [-0.3, -0.25) is 9.69 Å². The third kappa shape index (κ3) is 4.41. The molecule has 1 fully saturated rings. The Morgan fingerprint density at radius 2 is 2.14 bits per heavy atom. The maximum atomic E-state index is 12.6. The minimum atomic E-state index is -4.50. The van der Waals surface area contributed by atoms with Crippen LogP contribution in [0.4, 0.5) is 13.2 Å². The molecule has 0 atom stereocenters. The third-order valence-electron chi connectivity index (χ3n) is 4.75. The van der Waals surface area contributed by atoms with Crippen molar-refractivity contribution >= 4 is 11.5 Å². The van der Waals surface area contributed by atoms with Crippen molar-refractivity contribution in [3.63, 3.8) is 0 Å². The number of nitrogens with zero attached hydrogens (tertiary/aromatic N) is 3. The third-order valence-corrected chi connectivity index (χ3v) is 4.75. The molecule has 0 unspecified atom stereocenters. The average molecular weight is 392 g/mol. The van der Waals surface area contributed by atoms with E-state index in [9.17, 15) is 18.0 Å². The van der Waals surface area contributed by atoms with Gasteiger partial charge in [0, 0.05) is 25.2 Å². The molecule has 6 nitrogen and oxygen atoms in total. The number of pyridine rings is 1. The summed E-state index contributed by atoms with van der Waals surface area (Å²) in [7, 11) is 0. The molecular formula is C19H19F3N4O2. The summed E-state index contributed by atoms with van der Waals surface area (Å²) in [6, 6.07) is 6.57. The predicted molar refractivity (Wildman–Crippen MR) is 94.1 cm³/mol. The van der Waals surface area contributed by atoms with Crippen LogP contribution < -0.4 is 5.32 Å². The molecule has 0 bridgehead atoms. The van der Waals surface area contributed by atoms with Crippen LogP contribution in [0.5, 0.6) is 0 Å². The second-order valence-electron chi connectivity index (χ2n) is 7.05. The molecule has 0 spiro atoms. The van der Waals surface area contributed by atoms with E-state index in [1.165, 1.54) is 0 Å². The lowest BCUT2D eigenvalue weighted by Crippen LogP contribution is -2.28. The molecule has 3 heterocycles. The topological polar surface area (TPSA) is 71.3 Å².